The number of halogens is 1. The van der Waals surface area contributed by atoms with Gasteiger partial charge in [-0.1, -0.05) is 0 Å². The van der Waals surface area contributed by atoms with E-state index >= 15 is 0 Å². The van der Waals surface area contributed by atoms with Gasteiger partial charge < -0.3 is 5.11 Å². The number of aliphatic carboxylic acids is 1. The summed E-state index contributed by atoms with van der Waals surface area (Å²) in [4.78, 5) is 11.2. The second-order valence-corrected chi connectivity index (χ2v) is 4.72. The molecule has 0 amide bonds. The summed E-state index contributed by atoms with van der Waals surface area (Å²) >= 11 is 0. The SMILES string of the molecule is O=C(O)[C@@H]1CCCc2c1cnn2-c1ccc(F)cc1. The molecule has 3 rings (SSSR count). The van der Waals surface area contributed by atoms with Crippen LogP contribution in [0.1, 0.15) is 30.0 Å². The van der Waals surface area contributed by atoms with E-state index in [2.05, 4.69) is 5.10 Å². The number of aromatic nitrogens is 2. The Kier molecular flexibility index (Phi) is 2.81. The maximum absolute atomic E-state index is 12.9. The van der Waals surface area contributed by atoms with E-state index in [-0.39, 0.29) is 5.82 Å². The number of carboxylic acids is 1. The average molecular weight is 260 g/mol. The minimum absolute atomic E-state index is 0.298. The standard InChI is InChI=1S/C14H13FN2O2/c15-9-4-6-10(7-5-9)17-13-3-1-2-11(14(18)19)12(13)8-16-17/h4-8,11H,1-3H2,(H,18,19)/t11-/m1/s1. The Labute approximate surface area is 109 Å². The van der Waals surface area contributed by atoms with Crippen LogP contribution in [-0.2, 0) is 11.2 Å². The molecular weight excluding hydrogens is 247 g/mol. The highest BCUT2D eigenvalue weighted by Gasteiger charge is 2.29. The molecule has 0 fully saturated rings. The first-order chi connectivity index (χ1) is 9.16. The summed E-state index contributed by atoms with van der Waals surface area (Å²) in [7, 11) is 0. The largest absolute Gasteiger partial charge is 0.481 e. The van der Waals surface area contributed by atoms with Gasteiger partial charge in [0.15, 0.2) is 0 Å². The lowest BCUT2D eigenvalue weighted by molar-refractivity contribution is -0.139. The Morgan fingerprint density at radius 3 is 2.79 bits per heavy atom. The number of nitrogens with zero attached hydrogens (tertiary/aromatic N) is 2. The zero-order valence-corrected chi connectivity index (χ0v) is 10.2. The van der Waals surface area contributed by atoms with Gasteiger partial charge >= 0.3 is 5.97 Å². The normalized spacial score (nSPS) is 18.1. The molecule has 1 heterocycles. The van der Waals surface area contributed by atoms with Crippen LogP contribution >= 0.6 is 0 Å². The molecule has 1 aliphatic rings. The quantitative estimate of drug-likeness (QED) is 0.902. The van der Waals surface area contributed by atoms with Crippen molar-refractivity contribution in [2.24, 2.45) is 0 Å². The highest BCUT2D eigenvalue weighted by molar-refractivity contribution is 5.76. The molecule has 0 spiro atoms. The first-order valence-electron chi connectivity index (χ1n) is 6.22. The van der Waals surface area contributed by atoms with E-state index in [1.807, 2.05) is 0 Å². The first-order valence-corrected chi connectivity index (χ1v) is 6.22. The number of fused-ring (bicyclic) bond motifs is 1. The fourth-order valence-corrected chi connectivity index (χ4v) is 2.62. The number of carbonyl (C=O) groups is 1. The van der Waals surface area contributed by atoms with Gasteiger partial charge in [-0.25, -0.2) is 9.07 Å². The molecule has 0 saturated heterocycles. The van der Waals surface area contributed by atoms with Crippen molar-refractivity contribution in [3.8, 4) is 5.69 Å². The number of rotatable bonds is 2. The van der Waals surface area contributed by atoms with Crippen molar-refractivity contribution in [2.75, 3.05) is 0 Å². The maximum atomic E-state index is 12.9. The van der Waals surface area contributed by atoms with E-state index < -0.39 is 11.9 Å². The first kappa shape index (κ1) is 11.9. The fourth-order valence-electron chi connectivity index (χ4n) is 2.62. The summed E-state index contributed by atoms with van der Waals surface area (Å²) in [5, 5.41) is 13.5. The smallest absolute Gasteiger partial charge is 0.311 e. The van der Waals surface area contributed by atoms with E-state index in [4.69, 9.17) is 0 Å². The molecule has 1 aromatic heterocycles. The molecule has 1 aliphatic carbocycles. The zero-order valence-electron chi connectivity index (χ0n) is 10.2. The third-order valence-corrected chi connectivity index (χ3v) is 3.55. The van der Waals surface area contributed by atoms with Crippen LogP contribution in [-0.4, -0.2) is 20.9 Å². The molecule has 0 saturated carbocycles. The lowest BCUT2D eigenvalue weighted by Gasteiger charge is -2.19. The Morgan fingerprint density at radius 2 is 2.11 bits per heavy atom. The van der Waals surface area contributed by atoms with Crippen LogP contribution in [0, 0.1) is 5.82 Å². The highest BCUT2D eigenvalue weighted by atomic mass is 19.1. The van der Waals surface area contributed by atoms with Gasteiger partial charge in [0.25, 0.3) is 0 Å². The Morgan fingerprint density at radius 1 is 1.37 bits per heavy atom. The van der Waals surface area contributed by atoms with Crippen LogP contribution in [0.4, 0.5) is 4.39 Å². The number of hydrogen-bond donors (Lipinski definition) is 1. The topological polar surface area (TPSA) is 55.1 Å². The van der Waals surface area contributed by atoms with Crippen molar-refractivity contribution >= 4 is 5.97 Å². The molecule has 2 aromatic rings. The van der Waals surface area contributed by atoms with Gasteiger partial charge in [-0.15, -0.1) is 0 Å². The molecule has 5 heteroatoms. The van der Waals surface area contributed by atoms with Crippen LogP contribution in [0.3, 0.4) is 0 Å². The lowest BCUT2D eigenvalue weighted by atomic mass is 9.87. The van der Waals surface area contributed by atoms with Crippen LogP contribution in [0.2, 0.25) is 0 Å². The highest BCUT2D eigenvalue weighted by Crippen LogP contribution is 2.32. The summed E-state index contributed by atoms with van der Waals surface area (Å²) in [5.74, 6) is -1.58. The third kappa shape index (κ3) is 2.01. The van der Waals surface area contributed by atoms with Crippen molar-refractivity contribution in [2.45, 2.75) is 25.2 Å². The minimum atomic E-state index is -0.806. The fraction of sp³-hybridized carbons (Fsp3) is 0.286. The maximum Gasteiger partial charge on any atom is 0.311 e. The summed E-state index contributed by atoms with van der Waals surface area (Å²) < 4.78 is 14.6. The van der Waals surface area contributed by atoms with Gasteiger partial charge in [-0.3, -0.25) is 4.79 Å². The van der Waals surface area contributed by atoms with Crippen molar-refractivity contribution in [1.29, 1.82) is 0 Å². The monoisotopic (exact) mass is 260 g/mol. The number of carboxylic acid groups (broad SMARTS) is 1. The van der Waals surface area contributed by atoms with Crippen molar-refractivity contribution in [1.82, 2.24) is 9.78 Å². The Bertz CT molecular complexity index is 619. The van der Waals surface area contributed by atoms with Crippen LogP contribution in [0.5, 0.6) is 0 Å². The van der Waals surface area contributed by atoms with E-state index in [9.17, 15) is 14.3 Å². The van der Waals surface area contributed by atoms with Crippen LogP contribution in [0.25, 0.3) is 5.69 Å². The Balaban J connectivity index is 2.05. The molecular formula is C14H13FN2O2. The third-order valence-electron chi connectivity index (χ3n) is 3.55. The van der Waals surface area contributed by atoms with Crippen molar-refractivity contribution in [3.05, 3.63) is 47.5 Å². The van der Waals surface area contributed by atoms with Crippen LogP contribution in [0.15, 0.2) is 30.5 Å². The van der Waals surface area contributed by atoms with E-state index in [1.54, 1.807) is 23.0 Å². The summed E-state index contributed by atoms with van der Waals surface area (Å²) in [6, 6.07) is 6.04. The average Bonchev–Trinajstić information content (AvgIpc) is 2.83. The molecule has 0 bridgehead atoms. The van der Waals surface area contributed by atoms with Gasteiger partial charge in [-0.2, -0.15) is 5.10 Å². The molecule has 4 nitrogen and oxygen atoms in total. The molecule has 1 aromatic carbocycles. The molecule has 0 radical (unpaired) electrons. The van der Waals surface area contributed by atoms with Crippen molar-refractivity contribution in [3.63, 3.8) is 0 Å². The van der Waals surface area contributed by atoms with Gasteiger partial charge in [0, 0.05) is 11.3 Å². The van der Waals surface area contributed by atoms with Gasteiger partial charge in [-0.05, 0) is 43.5 Å². The van der Waals surface area contributed by atoms with Gasteiger partial charge in [0.1, 0.15) is 5.82 Å². The van der Waals surface area contributed by atoms with E-state index in [0.29, 0.717) is 6.42 Å². The van der Waals surface area contributed by atoms with Crippen LogP contribution < -0.4 is 0 Å². The number of benzene rings is 1. The van der Waals surface area contributed by atoms with E-state index in [0.717, 1.165) is 29.8 Å². The van der Waals surface area contributed by atoms with E-state index in [1.165, 1.54) is 12.1 Å². The van der Waals surface area contributed by atoms with Gasteiger partial charge in [0.2, 0.25) is 0 Å². The second kappa shape index (κ2) is 4.50. The molecule has 1 atom stereocenters. The number of hydrogen-bond acceptors (Lipinski definition) is 2. The molecule has 0 unspecified atom stereocenters. The minimum Gasteiger partial charge on any atom is -0.481 e. The Hall–Kier alpha value is -2.17. The van der Waals surface area contributed by atoms with Gasteiger partial charge in [0.05, 0.1) is 17.8 Å². The summed E-state index contributed by atoms with van der Waals surface area (Å²) in [6.07, 6.45) is 3.90. The summed E-state index contributed by atoms with van der Waals surface area (Å²) in [5.41, 5.74) is 2.46. The molecule has 19 heavy (non-hydrogen) atoms. The molecule has 98 valence electrons. The second-order valence-electron chi connectivity index (χ2n) is 4.72. The summed E-state index contributed by atoms with van der Waals surface area (Å²) in [6.45, 7) is 0. The predicted molar refractivity (Wildman–Crippen MR) is 66.8 cm³/mol. The molecule has 0 aliphatic heterocycles. The predicted octanol–water partition coefficient (Wildman–Crippen LogP) is 2.52. The zero-order chi connectivity index (χ0) is 13.4. The molecule has 1 N–H and O–H groups in total. The van der Waals surface area contributed by atoms with Crippen molar-refractivity contribution < 1.29 is 14.3 Å². The lowest BCUT2D eigenvalue weighted by Crippen LogP contribution is -2.18.